The summed E-state index contributed by atoms with van der Waals surface area (Å²) in [6.07, 6.45) is 11.7. The van der Waals surface area contributed by atoms with Crippen LogP contribution in [0.15, 0.2) is 215 Å². The van der Waals surface area contributed by atoms with Crippen molar-refractivity contribution in [3.05, 3.63) is 243 Å². The predicted molar refractivity (Wildman–Crippen MR) is 458 cm³/mol. The fourth-order valence-corrected chi connectivity index (χ4v) is 13.4. The second kappa shape index (κ2) is 39.7. The van der Waals surface area contributed by atoms with E-state index in [-0.39, 0.29) is 122 Å². The standard InChI is InChI=1S/C22H17ClN6O3S.C19H17ClN6O3S.C19H19ClN6O3S.C18H16ClN7O2/c1-33(31,32)15-10-11-16(17(23)13-15)20(30)28-22-27-19(18-9-5-6-12-24-18)26-21(29-22)25-14-7-3-2-4-8-14;1-30(28,29)12-7-8-13(14(20)10-12)17(27)25-19-24-16(15-4-2-3-9-21-15)23-18(26-19)22-11-5-6-11;1-11(2)22-18-23-16(15-6-4-5-9-21-15)24-19(26-18)25-17(27)13-8-7-12(10-14(13)20)30(3,28)29;1-10(27)22-11-6-7-12(13(19)9-11)16(28)25-18-24-15(23-17(20-2)26-18)14-5-3-4-8-21-14/h2-13H,1H3,(H2,25,26,27,28,29,30);2-4,7-11H,5-6H2,1H3,(H2,22,23,24,25,26,27);4-11H,1-3H3,(H2,22,23,24,25,26,27);3-9H,1-2H3,(H,22,27)(H2,20,23,24,25,26,28). The molecule has 1 fully saturated rings. The first-order valence-corrected chi connectivity index (χ1v) is 42.9. The average Bonchev–Trinajstić information content (AvgIpc) is 1.37. The molecule has 0 atom stereocenters. The fraction of sp³-hybridized carbons (Fsp3) is 0.141. The Hall–Kier alpha value is -13.7. The number of hydrogen-bond donors (Lipinski definition) is 9. The molecule has 618 valence electrons. The summed E-state index contributed by atoms with van der Waals surface area (Å²) in [5, 5.41) is 25.3. The van der Waals surface area contributed by atoms with E-state index in [0.717, 1.165) is 37.3 Å². The zero-order valence-electron chi connectivity index (χ0n) is 64.5. The zero-order chi connectivity index (χ0) is 86.7. The van der Waals surface area contributed by atoms with Crippen LogP contribution in [0.25, 0.3) is 46.1 Å². The maximum atomic E-state index is 12.8. The molecule has 14 rings (SSSR count). The molecule has 1 aliphatic rings. The SMILES string of the molecule is CC(C)Nc1nc(NC(=O)c2ccc(S(C)(=O)=O)cc2Cl)nc(-c2ccccn2)n1.CNc1nc(NC(=O)c2ccc(NC(C)=O)cc2Cl)nc(-c2ccccn2)n1.CS(=O)(=O)c1ccc(C(=O)Nc2nc(NC3CC3)nc(-c3ccccn3)n2)c(Cl)c1.CS(=O)(=O)c1ccc(C(=O)Nc2nc(Nc3ccccc3)nc(-c3ccccn3)n2)c(Cl)c1. The van der Waals surface area contributed by atoms with Crippen LogP contribution in [0.5, 0.6) is 0 Å². The molecule has 121 heavy (non-hydrogen) atoms. The second-order valence-electron chi connectivity index (χ2n) is 26.0. The Kier molecular flexibility index (Phi) is 28.9. The number of nitrogens with zero attached hydrogens (tertiary/aromatic N) is 16. The van der Waals surface area contributed by atoms with Crippen molar-refractivity contribution in [1.82, 2.24) is 79.7 Å². The van der Waals surface area contributed by atoms with Crippen molar-refractivity contribution in [1.29, 1.82) is 0 Å². The molecule has 1 aliphatic carbocycles. The first-order chi connectivity index (χ1) is 57.7. The summed E-state index contributed by atoms with van der Waals surface area (Å²) >= 11 is 24.6. The van der Waals surface area contributed by atoms with E-state index in [1.54, 1.807) is 105 Å². The number of anilines is 10. The number of nitrogens with one attached hydrogen (secondary N) is 9. The molecular formula is C78H69Cl4N25O11S3. The molecule has 5 aromatic carbocycles. The summed E-state index contributed by atoms with van der Waals surface area (Å²) in [4.78, 5) is 130. The number of amides is 5. The minimum atomic E-state index is -3.46. The Morgan fingerprint density at radius 2 is 0.669 bits per heavy atom. The molecule has 36 nitrogen and oxygen atoms in total. The highest BCUT2D eigenvalue weighted by Crippen LogP contribution is 2.30. The second-order valence-corrected chi connectivity index (χ2v) is 33.7. The summed E-state index contributed by atoms with van der Waals surface area (Å²) < 4.78 is 70.1. The molecule has 0 unspecified atom stereocenters. The van der Waals surface area contributed by atoms with E-state index in [1.807, 2.05) is 50.2 Å². The third kappa shape index (κ3) is 25.4. The molecule has 13 aromatic rings. The van der Waals surface area contributed by atoms with Crippen molar-refractivity contribution in [2.45, 2.75) is 60.4 Å². The van der Waals surface area contributed by atoms with Crippen LogP contribution < -0.4 is 47.9 Å². The monoisotopic (exact) mass is 1770 g/mol. The maximum absolute atomic E-state index is 12.8. The first-order valence-electron chi connectivity index (χ1n) is 35.7. The van der Waals surface area contributed by atoms with Gasteiger partial charge in [-0.2, -0.15) is 59.8 Å². The number of pyridine rings is 4. The molecule has 43 heteroatoms. The van der Waals surface area contributed by atoms with Crippen LogP contribution in [0.3, 0.4) is 0 Å². The van der Waals surface area contributed by atoms with Gasteiger partial charge in [-0.1, -0.05) is 88.9 Å². The van der Waals surface area contributed by atoms with Gasteiger partial charge in [-0.25, -0.2) is 25.3 Å². The van der Waals surface area contributed by atoms with Crippen molar-refractivity contribution in [3.63, 3.8) is 0 Å². The zero-order valence-corrected chi connectivity index (χ0v) is 70.0. The molecule has 0 bridgehead atoms. The van der Waals surface area contributed by atoms with Crippen molar-refractivity contribution in [3.8, 4) is 46.1 Å². The summed E-state index contributed by atoms with van der Waals surface area (Å²) in [7, 11) is -8.69. The Bertz CT molecular complexity index is 6200. The number of aromatic nitrogens is 16. The molecular weight excluding hydrogens is 1700 g/mol. The van der Waals surface area contributed by atoms with Crippen LogP contribution in [-0.4, -0.2) is 172 Å². The molecule has 5 amide bonds. The van der Waals surface area contributed by atoms with Crippen LogP contribution in [0.4, 0.5) is 59.0 Å². The number of sulfone groups is 3. The van der Waals surface area contributed by atoms with E-state index >= 15 is 0 Å². The van der Waals surface area contributed by atoms with E-state index in [1.165, 1.54) is 73.7 Å². The van der Waals surface area contributed by atoms with Gasteiger partial charge in [0, 0.05) is 81.0 Å². The normalized spacial score (nSPS) is 11.6. The molecule has 8 heterocycles. The van der Waals surface area contributed by atoms with Gasteiger partial charge in [0.1, 0.15) is 22.8 Å². The average molecular weight is 1770 g/mol. The van der Waals surface area contributed by atoms with Crippen LogP contribution in [0.1, 0.15) is 75.0 Å². The van der Waals surface area contributed by atoms with Gasteiger partial charge in [-0.05, 0) is 160 Å². The van der Waals surface area contributed by atoms with Gasteiger partial charge in [0.15, 0.2) is 52.8 Å². The van der Waals surface area contributed by atoms with Gasteiger partial charge in [0.25, 0.3) is 23.6 Å². The molecule has 0 aliphatic heterocycles. The summed E-state index contributed by atoms with van der Waals surface area (Å²) in [5.74, 6) is -0.230. The highest BCUT2D eigenvalue weighted by molar-refractivity contribution is 7.91. The minimum absolute atomic E-state index is 0.00191. The highest BCUT2D eigenvalue weighted by atomic mass is 35.5. The van der Waals surface area contributed by atoms with Crippen LogP contribution in [-0.2, 0) is 34.3 Å². The minimum Gasteiger partial charge on any atom is -0.357 e. The lowest BCUT2D eigenvalue weighted by Crippen LogP contribution is -2.18. The summed E-state index contributed by atoms with van der Waals surface area (Å²) in [5.41, 5.74) is 3.77. The Balaban J connectivity index is 0.000000158. The molecule has 0 radical (unpaired) electrons. The van der Waals surface area contributed by atoms with Gasteiger partial charge in [-0.3, -0.25) is 65.2 Å². The predicted octanol–water partition coefficient (Wildman–Crippen LogP) is 12.7. The van der Waals surface area contributed by atoms with Crippen LogP contribution in [0.2, 0.25) is 20.1 Å². The van der Waals surface area contributed by atoms with Gasteiger partial charge < -0.3 is 26.6 Å². The van der Waals surface area contributed by atoms with Gasteiger partial charge in [-0.15, -0.1) is 0 Å². The number of carbonyl (C=O) groups excluding carboxylic acids is 5. The maximum Gasteiger partial charge on any atom is 0.259 e. The molecule has 0 saturated heterocycles. The third-order valence-electron chi connectivity index (χ3n) is 16.0. The number of rotatable bonds is 23. The number of halogens is 4. The van der Waals surface area contributed by atoms with Crippen molar-refractivity contribution < 1.29 is 49.2 Å². The lowest BCUT2D eigenvalue weighted by atomic mass is 10.2. The van der Waals surface area contributed by atoms with Gasteiger partial charge >= 0.3 is 0 Å². The fourth-order valence-electron chi connectivity index (χ4n) is 10.2. The topological polar surface area (TPSA) is 502 Å². The Morgan fingerprint density at radius 1 is 0.355 bits per heavy atom. The van der Waals surface area contributed by atoms with Crippen LogP contribution in [0, 0.1) is 0 Å². The van der Waals surface area contributed by atoms with E-state index in [0.29, 0.717) is 52.1 Å². The number of benzene rings is 5. The first kappa shape index (κ1) is 88.1. The third-order valence-corrected chi connectivity index (χ3v) is 20.6. The quantitative estimate of drug-likeness (QED) is 0.0287. The van der Waals surface area contributed by atoms with E-state index in [4.69, 9.17) is 46.4 Å². The van der Waals surface area contributed by atoms with E-state index in [9.17, 15) is 49.2 Å². The smallest absolute Gasteiger partial charge is 0.259 e. The molecule has 8 aromatic heterocycles. The number of para-hydroxylation sites is 1. The Morgan fingerprint density at radius 3 is 0.992 bits per heavy atom. The largest absolute Gasteiger partial charge is 0.357 e. The van der Waals surface area contributed by atoms with Crippen molar-refractivity contribution >= 4 is 164 Å². The van der Waals surface area contributed by atoms with Crippen LogP contribution >= 0.6 is 46.4 Å². The van der Waals surface area contributed by atoms with Gasteiger partial charge in [0.2, 0.25) is 53.5 Å². The Labute approximate surface area is 711 Å². The number of hydrogen-bond acceptors (Lipinski definition) is 31. The summed E-state index contributed by atoms with van der Waals surface area (Å²) in [6, 6.07) is 47.1. The van der Waals surface area contributed by atoms with E-state index in [2.05, 4.69) is 128 Å². The lowest BCUT2D eigenvalue weighted by Gasteiger charge is -2.12. The summed E-state index contributed by atoms with van der Waals surface area (Å²) in [6.45, 7) is 5.23. The van der Waals surface area contributed by atoms with Crippen molar-refractivity contribution in [2.24, 2.45) is 0 Å². The van der Waals surface area contributed by atoms with Crippen molar-refractivity contribution in [2.75, 3.05) is 73.7 Å². The molecule has 9 N–H and O–H groups in total. The molecule has 0 spiro atoms. The molecule has 1 saturated carbocycles. The highest BCUT2D eigenvalue weighted by Gasteiger charge is 2.26. The number of carbonyl (C=O) groups is 5. The lowest BCUT2D eigenvalue weighted by molar-refractivity contribution is -0.114. The van der Waals surface area contributed by atoms with Gasteiger partial charge in [0.05, 0.1) is 57.0 Å². The van der Waals surface area contributed by atoms with E-state index < -0.39 is 53.1 Å².